The van der Waals surface area contributed by atoms with Crippen LogP contribution in [0.4, 0.5) is 0 Å². The summed E-state index contributed by atoms with van der Waals surface area (Å²) in [7, 11) is 2.71. The second kappa shape index (κ2) is 6.60. The maximum atomic E-state index is 7.00. The van der Waals surface area contributed by atoms with Crippen LogP contribution in [0.2, 0.25) is 0 Å². The number of rotatable bonds is 2. The van der Waals surface area contributed by atoms with Gasteiger partial charge < -0.3 is 9.84 Å². The molecule has 0 atom stereocenters. The average molecular weight is 250 g/mol. The highest BCUT2D eigenvalue weighted by atomic mass is 16.5. The highest BCUT2D eigenvalue weighted by Crippen LogP contribution is 2.33. The predicted octanol–water partition coefficient (Wildman–Crippen LogP) is 3.94. The third-order valence-electron chi connectivity index (χ3n) is 2.88. The van der Waals surface area contributed by atoms with Crippen molar-refractivity contribution in [3.8, 4) is 5.75 Å². The summed E-state index contributed by atoms with van der Waals surface area (Å²) in [6.45, 7) is 14.9. The molecule has 0 unspecified atom stereocenters. The SMILES string of the molecule is C=C(C)c1cc(OC)cc(C(C)(C)C)c1C.CO. The van der Waals surface area contributed by atoms with Crippen LogP contribution in [0.3, 0.4) is 0 Å². The zero-order chi connectivity index (χ0) is 14.5. The van der Waals surface area contributed by atoms with Crippen LogP contribution in [-0.4, -0.2) is 19.3 Å². The molecule has 2 nitrogen and oxygen atoms in total. The molecule has 0 aliphatic heterocycles. The van der Waals surface area contributed by atoms with Crippen LogP contribution in [0.1, 0.15) is 44.4 Å². The number of ether oxygens (including phenoxy) is 1. The quantitative estimate of drug-likeness (QED) is 0.861. The van der Waals surface area contributed by atoms with Crippen LogP contribution in [-0.2, 0) is 5.41 Å². The summed E-state index contributed by atoms with van der Waals surface area (Å²) >= 11 is 0. The van der Waals surface area contributed by atoms with E-state index in [2.05, 4.69) is 46.4 Å². The van der Waals surface area contributed by atoms with Gasteiger partial charge in [0.05, 0.1) is 7.11 Å². The fraction of sp³-hybridized carbons (Fsp3) is 0.500. The molecule has 0 spiro atoms. The Morgan fingerprint density at radius 2 is 1.72 bits per heavy atom. The van der Waals surface area contributed by atoms with Gasteiger partial charge in [0.1, 0.15) is 5.75 Å². The summed E-state index contributed by atoms with van der Waals surface area (Å²) in [4.78, 5) is 0. The molecule has 2 heteroatoms. The first-order valence-corrected chi connectivity index (χ1v) is 6.07. The van der Waals surface area contributed by atoms with Crippen LogP contribution >= 0.6 is 0 Å². The third kappa shape index (κ3) is 3.88. The first-order valence-electron chi connectivity index (χ1n) is 6.07. The van der Waals surface area contributed by atoms with Gasteiger partial charge in [0.25, 0.3) is 0 Å². The van der Waals surface area contributed by atoms with Crippen molar-refractivity contribution < 1.29 is 9.84 Å². The zero-order valence-electron chi connectivity index (χ0n) is 12.7. The molecular weight excluding hydrogens is 224 g/mol. The zero-order valence-corrected chi connectivity index (χ0v) is 12.7. The first kappa shape index (κ1) is 16.7. The predicted molar refractivity (Wildman–Crippen MR) is 79.3 cm³/mol. The highest BCUT2D eigenvalue weighted by Gasteiger charge is 2.19. The topological polar surface area (TPSA) is 29.5 Å². The van der Waals surface area contributed by atoms with E-state index in [0.717, 1.165) is 18.4 Å². The molecular formula is C16H26O2. The van der Waals surface area contributed by atoms with E-state index in [0.29, 0.717) is 0 Å². The Kier molecular flexibility index (Phi) is 6.13. The normalized spacial score (nSPS) is 10.4. The summed E-state index contributed by atoms with van der Waals surface area (Å²) in [6.07, 6.45) is 0. The maximum absolute atomic E-state index is 7.00. The molecule has 0 heterocycles. The van der Waals surface area contributed by atoms with Crippen molar-refractivity contribution in [1.29, 1.82) is 0 Å². The Balaban J connectivity index is 0.00000137. The van der Waals surface area contributed by atoms with E-state index in [9.17, 15) is 0 Å². The van der Waals surface area contributed by atoms with Crippen LogP contribution < -0.4 is 4.74 Å². The number of allylic oxidation sites excluding steroid dienone is 1. The lowest BCUT2D eigenvalue weighted by Gasteiger charge is -2.24. The van der Waals surface area contributed by atoms with Gasteiger partial charge >= 0.3 is 0 Å². The lowest BCUT2D eigenvalue weighted by atomic mass is 9.81. The Morgan fingerprint density at radius 3 is 2.06 bits per heavy atom. The minimum absolute atomic E-state index is 0.128. The van der Waals surface area contributed by atoms with E-state index in [1.54, 1.807) is 7.11 Å². The molecule has 0 amide bonds. The van der Waals surface area contributed by atoms with Crippen molar-refractivity contribution in [2.24, 2.45) is 0 Å². The van der Waals surface area contributed by atoms with Crippen LogP contribution in [0.15, 0.2) is 18.7 Å². The van der Waals surface area contributed by atoms with E-state index in [1.165, 1.54) is 16.7 Å². The summed E-state index contributed by atoms with van der Waals surface area (Å²) in [5.41, 5.74) is 5.04. The molecule has 0 aromatic heterocycles. The van der Waals surface area contributed by atoms with Crippen molar-refractivity contribution in [3.63, 3.8) is 0 Å². The third-order valence-corrected chi connectivity index (χ3v) is 2.88. The standard InChI is InChI=1S/C15H22O.CH4O/c1-10(2)13-8-12(16-7)9-14(11(13)3)15(4,5)6;1-2/h8-9H,1H2,2-7H3;2H,1H3. The van der Waals surface area contributed by atoms with Crippen LogP contribution in [0.25, 0.3) is 5.57 Å². The number of hydrogen-bond donors (Lipinski definition) is 1. The van der Waals surface area contributed by atoms with Crippen molar-refractivity contribution in [1.82, 2.24) is 0 Å². The number of hydrogen-bond acceptors (Lipinski definition) is 2. The van der Waals surface area contributed by atoms with Gasteiger partial charge in [-0.25, -0.2) is 0 Å². The Bertz CT molecular complexity index is 412. The fourth-order valence-corrected chi connectivity index (χ4v) is 2.03. The summed E-state index contributed by atoms with van der Waals surface area (Å²) in [5.74, 6) is 0.911. The van der Waals surface area contributed by atoms with Crippen molar-refractivity contribution in [2.75, 3.05) is 14.2 Å². The molecule has 102 valence electrons. The molecule has 0 saturated heterocycles. The molecule has 0 bridgehead atoms. The van der Waals surface area contributed by atoms with E-state index >= 15 is 0 Å². The van der Waals surface area contributed by atoms with E-state index < -0.39 is 0 Å². The smallest absolute Gasteiger partial charge is 0.119 e. The van der Waals surface area contributed by atoms with Gasteiger partial charge in [0.15, 0.2) is 0 Å². The Labute approximate surface area is 111 Å². The minimum Gasteiger partial charge on any atom is -0.497 e. The molecule has 1 aromatic carbocycles. The largest absolute Gasteiger partial charge is 0.497 e. The van der Waals surface area contributed by atoms with Gasteiger partial charge in [-0.05, 0) is 48.1 Å². The van der Waals surface area contributed by atoms with Gasteiger partial charge in [0, 0.05) is 7.11 Å². The lowest BCUT2D eigenvalue weighted by Crippen LogP contribution is -2.14. The van der Waals surface area contributed by atoms with Crippen LogP contribution in [0, 0.1) is 6.92 Å². The van der Waals surface area contributed by atoms with Gasteiger partial charge in [-0.3, -0.25) is 0 Å². The van der Waals surface area contributed by atoms with Gasteiger partial charge in [0.2, 0.25) is 0 Å². The van der Waals surface area contributed by atoms with Crippen molar-refractivity contribution in [3.05, 3.63) is 35.4 Å². The molecule has 0 aliphatic carbocycles. The summed E-state index contributed by atoms with van der Waals surface area (Å²) < 4.78 is 5.35. The first-order chi connectivity index (χ1) is 8.27. The molecule has 1 N–H and O–H groups in total. The molecule has 1 aromatic rings. The molecule has 1 rings (SSSR count). The van der Waals surface area contributed by atoms with E-state index in [4.69, 9.17) is 9.84 Å². The second-order valence-electron chi connectivity index (χ2n) is 5.38. The highest BCUT2D eigenvalue weighted by molar-refractivity contribution is 5.68. The monoisotopic (exact) mass is 250 g/mol. The van der Waals surface area contributed by atoms with Crippen molar-refractivity contribution in [2.45, 2.75) is 40.0 Å². The van der Waals surface area contributed by atoms with E-state index in [1.807, 2.05) is 6.92 Å². The number of aliphatic hydroxyl groups is 1. The summed E-state index contributed by atoms with van der Waals surface area (Å²) in [5, 5.41) is 7.00. The van der Waals surface area contributed by atoms with Gasteiger partial charge in [-0.1, -0.05) is 32.9 Å². The number of benzene rings is 1. The van der Waals surface area contributed by atoms with Crippen LogP contribution in [0.5, 0.6) is 5.75 Å². The Morgan fingerprint density at radius 1 is 1.22 bits per heavy atom. The molecule has 0 radical (unpaired) electrons. The number of aliphatic hydroxyl groups excluding tert-OH is 1. The maximum Gasteiger partial charge on any atom is 0.119 e. The van der Waals surface area contributed by atoms with Gasteiger partial charge in [-0.15, -0.1) is 0 Å². The van der Waals surface area contributed by atoms with E-state index in [-0.39, 0.29) is 5.41 Å². The molecule has 0 aliphatic rings. The second-order valence-corrected chi connectivity index (χ2v) is 5.38. The lowest BCUT2D eigenvalue weighted by molar-refractivity contribution is 0.399. The molecule has 0 fully saturated rings. The van der Waals surface area contributed by atoms with Crippen molar-refractivity contribution >= 4 is 5.57 Å². The molecule has 18 heavy (non-hydrogen) atoms. The average Bonchev–Trinajstić information content (AvgIpc) is 2.30. The fourth-order valence-electron chi connectivity index (χ4n) is 2.03. The van der Waals surface area contributed by atoms with Gasteiger partial charge in [-0.2, -0.15) is 0 Å². The summed E-state index contributed by atoms with van der Waals surface area (Å²) in [6, 6.07) is 4.19. The minimum atomic E-state index is 0.128. The molecule has 0 saturated carbocycles. The Hall–Kier alpha value is -1.28. The number of methoxy groups -OCH3 is 1.